The van der Waals surface area contributed by atoms with E-state index in [0.717, 1.165) is 0 Å². The maximum Gasteiger partial charge on any atom is 0.317 e. The number of aromatic nitrogens is 2. The molecular formula is C9H13N3O5. The Balaban J connectivity index is 2.64. The van der Waals surface area contributed by atoms with Crippen molar-refractivity contribution in [1.82, 2.24) is 15.0 Å². The van der Waals surface area contributed by atoms with E-state index in [1.807, 2.05) is 6.92 Å². The molecule has 0 amide bonds. The SMILES string of the molecule is CCc1nc(CN(CC(=O)O)CC(=O)O)no1. The van der Waals surface area contributed by atoms with Gasteiger partial charge in [-0.2, -0.15) is 4.98 Å². The highest BCUT2D eigenvalue weighted by Crippen LogP contribution is 2.02. The molecule has 8 heteroatoms. The minimum absolute atomic E-state index is 0.0299. The summed E-state index contributed by atoms with van der Waals surface area (Å²) in [6.45, 7) is 1.09. The van der Waals surface area contributed by atoms with E-state index in [2.05, 4.69) is 10.1 Å². The van der Waals surface area contributed by atoms with Crippen LogP contribution >= 0.6 is 0 Å². The first-order valence-electron chi connectivity index (χ1n) is 4.98. The molecule has 0 aliphatic rings. The van der Waals surface area contributed by atoms with Crippen LogP contribution in [0.25, 0.3) is 0 Å². The Morgan fingerprint density at radius 1 is 1.29 bits per heavy atom. The van der Waals surface area contributed by atoms with Gasteiger partial charge in [0.25, 0.3) is 0 Å². The zero-order valence-electron chi connectivity index (χ0n) is 9.29. The predicted molar refractivity (Wildman–Crippen MR) is 54.2 cm³/mol. The van der Waals surface area contributed by atoms with Gasteiger partial charge in [0.2, 0.25) is 5.89 Å². The monoisotopic (exact) mass is 243 g/mol. The Morgan fingerprint density at radius 2 is 1.88 bits per heavy atom. The summed E-state index contributed by atoms with van der Waals surface area (Å²) in [5.74, 6) is -1.49. The Bertz CT molecular complexity index is 387. The fourth-order valence-electron chi connectivity index (χ4n) is 1.25. The molecule has 8 nitrogen and oxygen atoms in total. The number of nitrogens with zero attached hydrogens (tertiary/aromatic N) is 3. The highest BCUT2D eigenvalue weighted by atomic mass is 16.5. The Morgan fingerprint density at radius 3 is 2.29 bits per heavy atom. The number of carboxylic acid groups (broad SMARTS) is 2. The first-order valence-corrected chi connectivity index (χ1v) is 4.98. The van der Waals surface area contributed by atoms with E-state index < -0.39 is 11.9 Å². The normalized spacial score (nSPS) is 10.7. The van der Waals surface area contributed by atoms with Crippen LogP contribution in [0.15, 0.2) is 4.52 Å². The third-order valence-electron chi connectivity index (χ3n) is 1.90. The maximum absolute atomic E-state index is 10.5. The van der Waals surface area contributed by atoms with Crippen LogP contribution in [0.3, 0.4) is 0 Å². The van der Waals surface area contributed by atoms with E-state index in [4.69, 9.17) is 14.7 Å². The summed E-state index contributed by atoms with van der Waals surface area (Å²) in [5, 5.41) is 20.9. The third kappa shape index (κ3) is 4.60. The Kier molecular flexibility index (Phi) is 4.58. The predicted octanol–water partition coefficient (Wildman–Crippen LogP) is -0.397. The lowest BCUT2D eigenvalue weighted by molar-refractivity contribution is -0.142. The molecule has 0 atom stereocenters. The molecule has 1 heterocycles. The summed E-state index contributed by atoms with van der Waals surface area (Å²) in [6, 6.07) is 0. The lowest BCUT2D eigenvalue weighted by Crippen LogP contribution is -2.34. The number of hydrogen-bond acceptors (Lipinski definition) is 6. The molecule has 1 aromatic heterocycles. The van der Waals surface area contributed by atoms with Crippen molar-refractivity contribution in [2.75, 3.05) is 13.1 Å². The molecule has 0 saturated heterocycles. The largest absolute Gasteiger partial charge is 0.480 e. The van der Waals surface area contributed by atoms with Gasteiger partial charge < -0.3 is 14.7 Å². The summed E-state index contributed by atoms with van der Waals surface area (Å²) in [6.07, 6.45) is 0.574. The second kappa shape index (κ2) is 5.94. The van der Waals surface area contributed by atoms with Crippen molar-refractivity contribution in [3.05, 3.63) is 11.7 Å². The van der Waals surface area contributed by atoms with E-state index in [0.29, 0.717) is 12.3 Å². The number of aryl methyl sites for hydroxylation is 1. The van der Waals surface area contributed by atoms with E-state index in [1.165, 1.54) is 4.90 Å². The molecule has 1 aromatic rings. The minimum Gasteiger partial charge on any atom is -0.480 e. The average Bonchev–Trinajstić information content (AvgIpc) is 2.63. The number of carbonyl (C=O) groups is 2. The summed E-state index contributed by atoms with van der Waals surface area (Å²) >= 11 is 0. The van der Waals surface area contributed by atoms with Gasteiger partial charge in [0.15, 0.2) is 5.82 Å². The molecule has 17 heavy (non-hydrogen) atoms. The molecule has 0 aliphatic carbocycles. The van der Waals surface area contributed by atoms with Crippen molar-refractivity contribution in [2.45, 2.75) is 19.9 Å². The summed E-state index contributed by atoms with van der Waals surface area (Å²) < 4.78 is 4.84. The van der Waals surface area contributed by atoms with Crippen molar-refractivity contribution in [3.8, 4) is 0 Å². The maximum atomic E-state index is 10.5. The van der Waals surface area contributed by atoms with E-state index in [1.54, 1.807) is 0 Å². The van der Waals surface area contributed by atoms with Crippen LogP contribution in [-0.2, 0) is 22.6 Å². The second-order valence-corrected chi connectivity index (χ2v) is 3.39. The lowest BCUT2D eigenvalue weighted by Gasteiger charge is -2.14. The van der Waals surface area contributed by atoms with E-state index in [9.17, 15) is 9.59 Å². The van der Waals surface area contributed by atoms with Gasteiger partial charge in [-0.25, -0.2) is 0 Å². The quantitative estimate of drug-likeness (QED) is 0.664. The minimum atomic E-state index is -1.11. The van der Waals surface area contributed by atoms with Gasteiger partial charge in [-0.05, 0) is 0 Å². The Labute approximate surface area is 96.8 Å². The molecule has 1 rings (SSSR count). The first kappa shape index (κ1) is 13.1. The van der Waals surface area contributed by atoms with Gasteiger partial charge in [0.05, 0.1) is 19.6 Å². The van der Waals surface area contributed by atoms with Crippen molar-refractivity contribution < 1.29 is 24.3 Å². The van der Waals surface area contributed by atoms with Gasteiger partial charge in [-0.3, -0.25) is 14.5 Å². The third-order valence-corrected chi connectivity index (χ3v) is 1.90. The van der Waals surface area contributed by atoms with Gasteiger partial charge in [-0.15, -0.1) is 0 Å². The van der Waals surface area contributed by atoms with Gasteiger partial charge in [0.1, 0.15) is 0 Å². The fraction of sp³-hybridized carbons (Fsp3) is 0.556. The molecule has 0 aromatic carbocycles. The van der Waals surface area contributed by atoms with Gasteiger partial charge in [0, 0.05) is 6.42 Å². The molecule has 0 saturated carbocycles. The molecule has 94 valence electrons. The van der Waals surface area contributed by atoms with Crippen LogP contribution in [-0.4, -0.2) is 50.3 Å². The van der Waals surface area contributed by atoms with Crippen molar-refractivity contribution in [1.29, 1.82) is 0 Å². The summed E-state index contributed by atoms with van der Waals surface area (Å²) in [5.41, 5.74) is 0. The Hall–Kier alpha value is -1.96. The molecule has 0 unspecified atom stereocenters. The topological polar surface area (TPSA) is 117 Å². The summed E-state index contributed by atoms with van der Waals surface area (Å²) in [7, 11) is 0. The van der Waals surface area contributed by atoms with Crippen LogP contribution < -0.4 is 0 Å². The molecule has 0 aliphatic heterocycles. The molecule has 0 fully saturated rings. The van der Waals surface area contributed by atoms with Crippen LogP contribution in [0.4, 0.5) is 0 Å². The molecular weight excluding hydrogens is 230 g/mol. The highest BCUT2D eigenvalue weighted by molar-refractivity contribution is 5.72. The fourth-order valence-corrected chi connectivity index (χ4v) is 1.25. The lowest BCUT2D eigenvalue weighted by atomic mass is 10.4. The molecule has 0 radical (unpaired) electrons. The van der Waals surface area contributed by atoms with Crippen molar-refractivity contribution in [2.24, 2.45) is 0 Å². The molecule has 0 spiro atoms. The van der Waals surface area contributed by atoms with Gasteiger partial charge in [-0.1, -0.05) is 12.1 Å². The van der Waals surface area contributed by atoms with Crippen molar-refractivity contribution in [3.63, 3.8) is 0 Å². The molecule has 0 bridgehead atoms. The highest BCUT2D eigenvalue weighted by Gasteiger charge is 2.16. The van der Waals surface area contributed by atoms with Gasteiger partial charge >= 0.3 is 11.9 Å². The van der Waals surface area contributed by atoms with E-state index >= 15 is 0 Å². The zero-order chi connectivity index (χ0) is 12.8. The molecule has 2 N–H and O–H groups in total. The summed E-state index contributed by atoms with van der Waals surface area (Å²) in [4.78, 5) is 26.3. The number of aliphatic carboxylic acids is 2. The smallest absolute Gasteiger partial charge is 0.317 e. The second-order valence-electron chi connectivity index (χ2n) is 3.39. The number of carboxylic acids is 2. The van der Waals surface area contributed by atoms with Crippen LogP contribution in [0.2, 0.25) is 0 Å². The first-order chi connectivity index (χ1) is 8.01. The van der Waals surface area contributed by atoms with Crippen LogP contribution in [0.1, 0.15) is 18.6 Å². The standard InChI is InChI=1S/C9H13N3O5/c1-2-7-10-6(11-17-7)3-12(4-8(13)14)5-9(15)16/h2-5H2,1H3,(H,13,14)(H,15,16). The van der Waals surface area contributed by atoms with Crippen LogP contribution in [0.5, 0.6) is 0 Å². The van der Waals surface area contributed by atoms with E-state index in [-0.39, 0.29) is 25.5 Å². The number of hydrogen-bond donors (Lipinski definition) is 2. The average molecular weight is 243 g/mol. The number of rotatable bonds is 7. The zero-order valence-corrected chi connectivity index (χ0v) is 9.29. The van der Waals surface area contributed by atoms with Crippen LogP contribution in [0, 0.1) is 0 Å². The van der Waals surface area contributed by atoms with Crippen molar-refractivity contribution >= 4 is 11.9 Å².